The molecule has 4 aliphatic rings. The Morgan fingerprint density at radius 2 is 0.843 bits per heavy atom. The fourth-order valence-electron chi connectivity index (χ4n) is 14.7. The van der Waals surface area contributed by atoms with Gasteiger partial charge in [-0.2, -0.15) is 0 Å². The number of para-hydroxylation sites is 6. The molecule has 12 aromatic carbocycles. The minimum Gasteiger partial charge on any atom is -0.457 e. The van der Waals surface area contributed by atoms with Crippen LogP contribution >= 0.6 is 0 Å². The van der Waals surface area contributed by atoms with Gasteiger partial charge in [0.15, 0.2) is 5.82 Å². The summed E-state index contributed by atoms with van der Waals surface area (Å²) in [7, 11) is 0. The van der Waals surface area contributed by atoms with Crippen LogP contribution in [0.25, 0.3) is 95.0 Å². The van der Waals surface area contributed by atoms with Gasteiger partial charge in [-0.15, -0.1) is 0 Å². The molecule has 2 aliphatic heterocycles. The summed E-state index contributed by atoms with van der Waals surface area (Å²) >= 11 is 0. The molecule has 0 saturated carbocycles. The normalized spacial score (nSPS) is 15.1. The maximum Gasteiger partial charge on any atom is 0.160 e. The van der Waals surface area contributed by atoms with Crippen LogP contribution < -0.4 is 9.47 Å². The topological polar surface area (TPSA) is 62.1 Å². The van der Waals surface area contributed by atoms with Crippen molar-refractivity contribution in [1.82, 2.24) is 19.5 Å². The van der Waals surface area contributed by atoms with Crippen molar-refractivity contribution in [3.05, 3.63) is 324 Å². The first kappa shape index (κ1) is 45.9. The van der Waals surface area contributed by atoms with E-state index in [1.807, 2.05) is 24.3 Å². The Kier molecular flexibility index (Phi) is 9.55. The zero-order valence-electron chi connectivity index (χ0n) is 44.7. The quantitative estimate of drug-likeness (QED) is 0.172. The molecule has 18 rings (SSSR count). The Balaban J connectivity index is 0.878. The average Bonchev–Trinajstić information content (AvgIpc) is 1.83. The van der Waals surface area contributed by atoms with E-state index in [1.54, 1.807) is 0 Å². The van der Waals surface area contributed by atoms with Crippen LogP contribution in [-0.4, -0.2) is 19.5 Å². The summed E-state index contributed by atoms with van der Waals surface area (Å²) in [6.07, 6.45) is 0. The van der Waals surface area contributed by atoms with Gasteiger partial charge in [0.05, 0.1) is 33.1 Å². The molecule has 386 valence electrons. The summed E-state index contributed by atoms with van der Waals surface area (Å²) in [4.78, 5) is 15.9. The van der Waals surface area contributed by atoms with Crippen molar-refractivity contribution in [3.8, 4) is 96.1 Å². The van der Waals surface area contributed by atoms with Gasteiger partial charge in [0.1, 0.15) is 28.8 Å². The number of hydrogen-bond donors (Lipinski definition) is 0. The molecule has 1 atom stereocenters. The van der Waals surface area contributed by atoms with Gasteiger partial charge in [-0.05, 0) is 123 Å². The molecule has 2 aliphatic carbocycles. The van der Waals surface area contributed by atoms with Crippen molar-refractivity contribution in [2.45, 2.75) is 10.8 Å². The van der Waals surface area contributed by atoms with Crippen molar-refractivity contribution < 1.29 is 9.47 Å². The molecule has 2 spiro atoms. The Labute approximate surface area is 478 Å². The second-order valence-corrected chi connectivity index (χ2v) is 22.0. The molecular formula is C77H46N4O2. The summed E-state index contributed by atoms with van der Waals surface area (Å²) in [5.41, 5.74) is 22.2. The Morgan fingerprint density at radius 3 is 1.61 bits per heavy atom. The van der Waals surface area contributed by atoms with Crippen LogP contribution in [-0.2, 0) is 10.8 Å². The number of aromatic nitrogens is 4. The predicted octanol–water partition coefficient (Wildman–Crippen LogP) is 18.6. The summed E-state index contributed by atoms with van der Waals surface area (Å²) in [5, 5.41) is 0.988. The van der Waals surface area contributed by atoms with Crippen molar-refractivity contribution in [1.29, 1.82) is 0 Å². The monoisotopic (exact) mass is 1060 g/mol. The van der Waals surface area contributed by atoms with Crippen LogP contribution in [0.4, 0.5) is 0 Å². The molecule has 0 amide bonds. The summed E-state index contributed by atoms with van der Waals surface area (Å²) in [5.74, 6) is 4.82. The van der Waals surface area contributed by atoms with Crippen LogP contribution in [0, 0.1) is 0 Å². The molecule has 14 aromatic rings. The second kappa shape index (κ2) is 17.3. The van der Waals surface area contributed by atoms with Crippen LogP contribution in [0.2, 0.25) is 0 Å². The SMILES string of the molecule is c1ccc(-c2nc(-c3ccc4c(c3)C3(c5ccccc5-c5ccccc53)c3cccc(-c5cccc6c5-c5ccccc5C65c6ccccc6Oc6ccc(-c7nc8ccccc8n7-c7ccccc7)cc65)c3O4)c3ccccc3n2)cc1. The van der Waals surface area contributed by atoms with E-state index in [2.05, 4.69) is 259 Å². The summed E-state index contributed by atoms with van der Waals surface area (Å²) < 4.78 is 16.9. The lowest BCUT2D eigenvalue weighted by molar-refractivity contribution is 0.436. The van der Waals surface area contributed by atoms with Gasteiger partial charge in [0.2, 0.25) is 0 Å². The Bertz CT molecular complexity index is 5020. The van der Waals surface area contributed by atoms with E-state index in [0.717, 1.165) is 118 Å². The number of imidazole rings is 1. The van der Waals surface area contributed by atoms with Crippen molar-refractivity contribution in [3.63, 3.8) is 0 Å². The van der Waals surface area contributed by atoms with Crippen LogP contribution in [0.3, 0.4) is 0 Å². The second-order valence-electron chi connectivity index (χ2n) is 22.0. The smallest absolute Gasteiger partial charge is 0.160 e. The first-order valence-corrected chi connectivity index (χ1v) is 28.3. The van der Waals surface area contributed by atoms with Gasteiger partial charge >= 0.3 is 0 Å². The Morgan fingerprint density at radius 1 is 0.313 bits per heavy atom. The summed E-state index contributed by atoms with van der Waals surface area (Å²) in [6, 6.07) is 100. The number of nitrogens with zero attached hydrogens (tertiary/aromatic N) is 4. The van der Waals surface area contributed by atoms with E-state index in [1.165, 1.54) is 38.9 Å². The number of hydrogen-bond acceptors (Lipinski definition) is 5. The van der Waals surface area contributed by atoms with Crippen LogP contribution in [0.15, 0.2) is 279 Å². The molecule has 0 N–H and O–H groups in total. The highest BCUT2D eigenvalue weighted by molar-refractivity contribution is 6.00. The fraction of sp³-hybridized carbons (Fsp3) is 0.0260. The van der Waals surface area contributed by atoms with Gasteiger partial charge < -0.3 is 9.47 Å². The van der Waals surface area contributed by atoms with E-state index in [4.69, 9.17) is 24.4 Å². The highest BCUT2D eigenvalue weighted by Gasteiger charge is 2.54. The van der Waals surface area contributed by atoms with E-state index in [-0.39, 0.29) is 0 Å². The largest absolute Gasteiger partial charge is 0.457 e. The molecule has 0 radical (unpaired) electrons. The van der Waals surface area contributed by atoms with E-state index < -0.39 is 10.8 Å². The average molecular weight is 1060 g/mol. The lowest BCUT2D eigenvalue weighted by Crippen LogP contribution is -2.32. The molecule has 4 heterocycles. The van der Waals surface area contributed by atoms with Gasteiger partial charge in [-0.25, -0.2) is 15.0 Å². The fourth-order valence-corrected chi connectivity index (χ4v) is 14.7. The minimum atomic E-state index is -0.777. The predicted molar refractivity (Wildman–Crippen MR) is 331 cm³/mol. The van der Waals surface area contributed by atoms with Gasteiger partial charge in [0, 0.05) is 55.6 Å². The molecule has 6 heteroatoms. The lowest BCUT2D eigenvalue weighted by Gasteiger charge is -2.40. The lowest BCUT2D eigenvalue weighted by atomic mass is 9.65. The van der Waals surface area contributed by atoms with Gasteiger partial charge in [0.25, 0.3) is 0 Å². The van der Waals surface area contributed by atoms with Crippen LogP contribution in [0.1, 0.15) is 44.5 Å². The molecular weight excluding hydrogens is 1010 g/mol. The van der Waals surface area contributed by atoms with E-state index >= 15 is 0 Å². The molecule has 0 bridgehead atoms. The standard InChI is InChI=1S/C77H46N4O2/c1-3-21-47(22-4-1)74-78-65-37-15-10-28-56(65)72(80-74)48-41-43-70-63(45-48)76(57-31-11-7-25-51(57)52-26-8-12-32-58(52)76)62-36-20-30-54(73(62)83-70)53-29-19-35-61-71(53)55-27-9-13-33-59(55)77(61)60-34-14-18-40-68(60)82-69-44-42-49(46-64(69)77)75-79-66-38-16-17-39-67(66)81(75)50-23-5-2-6-24-50/h1-46H. The maximum atomic E-state index is 7.62. The van der Waals surface area contributed by atoms with E-state index in [9.17, 15) is 0 Å². The maximum absolute atomic E-state index is 7.62. The third kappa shape index (κ3) is 6.24. The number of rotatable bonds is 5. The van der Waals surface area contributed by atoms with Crippen molar-refractivity contribution >= 4 is 21.9 Å². The number of benzene rings is 12. The van der Waals surface area contributed by atoms with Gasteiger partial charge in [-0.3, -0.25) is 4.57 Å². The third-order valence-corrected chi connectivity index (χ3v) is 18.0. The van der Waals surface area contributed by atoms with Gasteiger partial charge in [-0.1, -0.05) is 206 Å². The molecule has 83 heavy (non-hydrogen) atoms. The molecule has 2 aromatic heterocycles. The third-order valence-electron chi connectivity index (χ3n) is 18.0. The molecule has 0 fully saturated rings. The van der Waals surface area contributed by atoms with Crippen molar-refractivity contribution in [2.24, 2.45) is 0 Å². The highest BCUT2D eigenvalue weighted by atomic mass is 16.5. The van der Waals surface area contributed by atoms with Crippen molar-refractivity contribution in [2.75, 3.05) is 0 Å². The number of ether oxygens (including phenoxy) is 2. The molecule has 1 unspecified atom stereocenters. The summed E-state index contributed by atoms with van der Waals surface area (Å²) in [6.45, 7) is 0. The van der Waals surface area contributed by atoms with E-state index in [0.29, 0.717) is 5.82 Å². The molecule has 6 nitrogen and oxygen atoms in total. The van der Waals surface area contributed by atoms with Crippen LogP contribution in [0.5, 0.6) is 23.0 Å². The minimum absolute atomic E-state index is 0.686. The molecule has 0 saturated heterocycles. The number of fused-ring (bicyclic) bond motifs is 20. The first-order chi connectivity index (χ1) is 41.2. The zero-order valence-corrected chi connectivity index (χ0v) is 44.7. The highest BCUT2D eigenvalue weighted by Crippen LogP contribution is 2.67. The zero-order chi connectivity index (χ0) is 54.4. The first-order valence-electron chi connectivity index (χ1n) is 28.3. The Hall–Kier alpha value is -11.0.